The number of halogens is 1. The van der Waals surface area contributed by atoms with Gasteiger partial charge in [-0.05, 0) is 17.2 Å². The van der Waals surface area contributed by atoms with Crippen LogP contribution in [0.2, 0.25) is 4.34 Å². The van der Waals surface area contributed by atoms with Crippen molar-refractivity contribution in [2.45, 2.75) is 26.0 Å². The van der Waals surface area contributed by atoms with E-state index < -0.39 is 5.97 Å². The number of hydrogen-bond acceptors (Lipinski definition) is 6. The Bertz CT molecular complexity index is 805. The van der Waals surface area contributed by atoms with Gasteiger partial charge in [0.2, 0.25) is 5.91 Å². The molecule has 2 heterocycles. The number of hydrogen-bond donors (Lipinski definition) is 0. The van der Waals surface area contributed by atoms with Crippen LogP contribution in [0.4, 0.5) is 0 Å². The number of nitrogens with zero attached hydrogens (tertiary/aromatic N) is 3. The van der Waals surface area contributed by atoms with Crippen molar-refractivity contribution >= 4 is 41.1 Å². The summed E-state index contributed by atoms with van der Waals surface area (Å²) in [5.74, 6) is -0.564. The summed E-state index contributed by atoms with van der Waals surface area (Å²) < 4.78 is 9.32. The molecule has 6 nitrogen and oxygen atoms in total. The minimum absolute atomic E-state index is 0.0293. The second-order valence-corrected chi connectivity index (χ2v) is 6.60. The van der Waals surface area contributed by atoms with Crippen molar-refractivity contribution in [3.8, 4) is 0 Å². The zero-order valence-corrected chi connectivity index (χ0v) is 14.4. The molecule has 8 heteroatoms. The minimum Gasteiger partial charge on any atom is -0.459 e. The van der Waals surface area contributed by atoms with E-state index in [-0.39, 0.29) is 25.0 Å². The lowest BCUT2D eigenvalue weighted by Crippen LogP contribution is -2.32. The molecular formula is C16H14ClN3O3S. The first-order chi connectivity index (χ1) is 11.6. The van der Waals surface area contributed by atoms with Crippen LogP contribution in [0.5, 0.6) is 0 Å². The van der Waals surface area contributed by atoms with E-state index in [0.717, 1.165) is 22.7 Å². The van der Waals surface area contributed by atoms with Gasteiger partial charge in [-0.1, -0.05) is 40.4 Å². The Morgan fingerprint density at radius 2 is 2.17 bits per heavy atom. The van der Waals surface area contributed by atoms with Crippen LogP contribution in [0, 0.1) is 0 Å². The maximum absolute atomic E-state index is 12.2. The molecule has 1 atom stereocenters. The van der Waals surface area contributed by atoms with Crippen LogP contribution in [0.15, 0.2) is 30.5 Å². The number of benzene rings is 1. The third-order valence-corrected chi connectivity index (χ3v) is 4.69. The van der Waals surface area contributed by atoms with Gasteiger partial charge in [0.1, 0.15) is 16.6 Å². The van der Waals surface area contributed by atoms with Gasteiger partial charge in [-0.15, -0.1) is 5.10 Å². The molecule has 1 aromatic carbocycles. The molecule has 1 aliphatic heterocycles. The summed E-state index contributed by atoms with van der Waals surface area (Å²) in [5, 5.41) is 3.80. The van der Waals surface area contributed by atoms with E-state index in [1.165, 1.54) is 6.92 Å². The number of fused-ring (bicyclic) bond motifs is 1. The molecule has 0 spiro atoms. The van der Waals surface area contributed by atoms with E-state index in [1.807, 2.05) is 30.3 Å². The van der Waals surface area contributed by atoms with Crippen molar-refractivity contribution < 1.29 is 14.3 Å². The molecule has 1 aromatic heterocycles. The van der Waals surface area contributed by atoms with Gasteiger partial charge in [0.15, 0.2) is 0 Å². The lowest BCUT2D eigenvalue weighted by Gasteiger charge is -2.32. The molecule has 24 heavy (non-hydrogen) atoms. The molecule has 0 bridgehead atoms. The van der Waals surface area contributed by atoms with Crippen LogP contribution in [-0.2, 0) is 20.9 Å². The maximum atomic E-state index is 12.2. The lowest BCUT2D eigenvalue weighted by molar-refractivity contribution is -0.147. The maximum Gasteiger partial charge on any atom is 0.308 e. The quantitative estimate of drug-likeness (QED) is 0.780. The van der Waals surface area contributed by atoms with Crippen molar-refractivity contribution in [2.75, 3.05) is 0 Å². The molecular weight excluding hydrogens is 350 g/mol. The number of amides is 1. The van der Waals surface area contributed by atoms with Crippen LogP contribution in [0.25, 0.3) is 6.08 Å². The van der Waals surface area contributed by atoms with Crippen LogP contribution in [-0.4, -0.2) is 26.4 Å². The summed E-state index contributed by atoms with van der Waals surface area (Å²) in [6.07, 6.45) is 3.61. The van der Waals surface area contributed by atoms with Gasteiger partial charge in [0, 0.05) is 24.7 Å². The highest BCUT2D eigenvalue weighted by Gasteiger charge is 2.28. The predicted octanol–water partition coefficient (Wildman–Crippen LogP) is 3.20. The largest absolute Gasteiger partial charge is 0.459 e. The molecule has 0 N–H and O–H groups in total. The monoisotopic (exact) mass is 363 g/mol. The van der Waals surface area contributed by atoms with E-state index >= 15 is 0 Å². The first-order valence-corrected chi connectivity index (χ1v) is 8.40. The Kier molecular flexibility index (Phi) is 4.92. The average Bonchev–Trinajstić information content (AvgIpc) is 2.98. The van der Waals surface area contributed by atoms with Crippen molar-refractivity contribution in [2.24, 2.45) is 0 Å². The Morgan fingerprint density at radius 1 is 1.38 bits per heavy atom. The number of ether oxygens (including phenoxy) is 1. The highest BCUT2D eigenvalue weighted by atomic mass is 35.5. The molecule has 0 radical (unpaired) electrons. The van der Waals surface area contributed by atoms with Crippen LogP contribution < -0.4 is 0 Å². The highest BCUT2D eigenvalue weighted by Crippen LogP contribution is 2.33. The van der Waals surface area contributed by atoms with Crippen LogP contribution in [0.3, 0.4) is 0 Å². The molecule has 0 fully saturated rings. The standard InChI is InChI=1S/C16H14ClN3O3S/c1-10(21)20-7-6-11-4-2-3-5-12(11)14(20)8-15(22)23-9-13-16(17)24-19-18-13/h2-7,14H,8-9H2,1H3. The molecule has 2 aromatic rings. The summed E-state index contributed by atoms with van der Waals surface area (Å²) >= 11 is 6.92. The van der Waals surface area contributed by atoms with Crippen molar-refractivity contribution in [1.29, 1.82) is 0 Å². The van der Waals surface area contributed by atoms with Crippen molar-refractivity contribution in [1.82, 2.24) is 14.5 Å². The Labute approximate surface area is 147 Å². The zero-order valence-electron chi connectivity index (χ0n) is 12.8. The average molecular weight is 364 g/mol. The fourth-order valence-electron chi connectivity index (χ4n) is 2.56. The van der Waals surface area contributed by atoms with Gasteiger partial charge < -0.3 is 9.64 Å². The van der Waals surface area contributed by atoms with E-state index in [0.29, 0.717) is 10.0 Å². The van der Waals surface area contributed by atoms with E-state index in [9.17, 15) is 9.59 Å². The smallest absolute Gasteiger partial charge is 0.308 e. The Hall–Kier alpha value is -2.25. The summed E-state index contributed by atoms with van der Waals surface area (Å²) in [6, 6.07) is 7.27. The summed E-state index contributed by atoms with van der Waals surface area (Å²) in [4.78, 5) is 25.6. The lowest BCUT2D eigenvalue weighted by atomic mass is 9.94. The van der Waals surface area contributed by atoms with Crippen molar-refractivity contribution in [3.63, 3.8) is 0 Å². The number of carbonyl (C=O) groups excluding carboxylic acids is 2. The molecule has 1 unspecified atom stereocenters. The van der Waals surface area contributed by atoms with Crippen LogP contribution in [0.1, 0.15) is 36.2 Å². The second-order valence-electron chi connectivity index (χ2n) is 5.24. The molecule has 0 saturated heterocycles. The van der Waals surface area contributed by atoms with E-state index in [4.69, 9.17) is 16.3 Å². The molecule has 0 aliphatic carbocycles. The molecule has 3 rings (SSSR count). The number of carbonyl (C=O) groups is 2. The van der Waals surface area contributed by atoms with Gasteiger partial charge >= 0.3 is 5.97 Å². The highest BCUT2D eigenvalue weighted by molar-refractivity contribution is 7.10. The summed E-state index contributed by atoms with van der Waals surface area (Å²) in [6.45, 7) is 1.44. The molecule has 0 saturated carbocycles. The molecule has 1 aliphatic rings. The van der Waals surface area contributed by atoms with Gasteiger partial charge in [-0.2, -0.15) is 0 Å². The fourth-order valence-corrected chi connectivity index (χ4v) is 3.16. The van der Waals surface area contributed by atoms with E-state index in [2.05, 4.69) is 9.59 Å². The minimum atomic E-state index is -0.430. The van der Waals surface area contributed by atoms with Crippen LogP contribution >= 0.6 is 23.1 Å². The first-order valence-electron chi connectivity index (χ1n) is 7.24. The topological polar surface area (TPSA) is 72.4 Å². The van der Waals surface area contributed by atoms with Crippen molar-refractivity contribution in [3.05, 3.63) is 51.6 Å². The second kappa shape index (κ2) is 7.11. The fraction of sp³-hybridized carbons (Fsp3) is 0.250. The number of rotatable bonds is 4. The molecule has 1 amide bonds. The van der Waals surface area contributed by atoms with Gasteiger partial charge in [-0.25, -0.2) is 0 Å². The SMILES string of the molecule is CC(=O)N1C=Cc2ccccc2C1CC(=O)OCc1nnsc1Cl. The predicted molar refractivity (Wildman–Crippen MR) is 90.1 cm³/mol. The number of aromatic nitrogens is 2. The third kappa shape index (κ3) is 3.47. The summed E-state index contributed by atoms with van der Waals surface area (Å²) in [7, 11) is 0. The van der Waals surface area contributed by atoms with E-state index in [1.54, 1.807) is 11.1 Å². The third-order valence-electron chi connectivity index (χ3n) is 3.71. The van der Waals surface area contributed by atoms with Gasteiger partial charge in [-0.3, -0.25) is 9.59 Å². The Morgan fingerprint density at radius 3 is 2.88 bits per heavy atom. The normalized spacial score (nSPS) is 15.9. The Balaban J connectivity index is 1.73. The van der Waals surface area contributed by atoms with Gasteiger partial charge in [0.25, 0.3) is 0 Å². The van der Waals surface area contributed by atoms with Gasteiger partial charge in [0.05, 0.1) is 12.5 Å². The summed E-state index contributed by atoms with van der Waals surface area (Å²) in [5.41, 5.74) is 2.34. The number of esters is 1. The first kappa shape index (κ1) is 16.6. The molecule has 124 valence electrons. The zero-order chi connectivity index (χ0) is 17.1.